The van der Waals surface area contributed by atoms with Gasteiger partial charge in [-0.2, -0.15) is 0 Å². The number of hydrogen-bond donors (Lipinski definition) is 2. The summed E-state index contributed by atoms with van der Waals surface area (Å²) in [4.78, 5) is 27.2. The first-order valence-electron chi connectivity index (χ1n) is 9.38. The molecule has 0 radical (unpaired) electrons. The van der Waals surface area contributed by atoms with E-state index in [1.54, 1.807) is 12.1 Å². The zero-order valence-corrected chi connectivity index (χ0v) is 16.6. The van der Waals surface area contributed by atoms with Gasteiger partial charge in [0.1, 0.15) is 5.69 Å². The fourth-order valence-electron chi connectivity index (χ4n) is 3.29. The molecule has 1 aromatic heterocycles. The lowest BCUT2D eigenvalue weighted by molar-refractivity contribution is -0.122. The second-order valence-electron chi connectivity index (χ2n) is 7.15. The van der Waals surface area contributed by atoms with E-state index in [0.29, 0.717) is 5.56 Å². The molecule has 28 heavy (non-hydrogen) atoms. The van der Waals surface area contributed by atoms with E-state index in [4.69, 9.17) is 0 Å². The predicted octanol–water partition coefficient (Wildman–Crippen LogP) is 1.62. The standard InChI is InChI=1S/C19H24N4O4S/c1-28(26,27)15-9-7-13(8-10-15)18-21-19(25)16(22-23-18)11-12-17(24)20-14-5-3-2-4-6-14/h7-10,14H,2-6,11-12H2,1H3,(H,20,24)(H,21,23,25). The summed E-state index contributed by atoms with van der Waals surface area (Å²) in [7, 11) is -3.29. The summed E-state index contributed by atoms with van der Waals surface area (Å²) >= 11 is 0. The highest BCUT2D eigenvalue weighted by atomic mass is 32.2. The molecule has 0 saturated heterocycles. The van der Waals surface area contributed by atoms with Crippen molar-refractivity contribution in [1.82, 2.24) is 20.5 Å². The largest absolute Gasteiger partial charge is 0.353 e. The van der Waals surface area contributed by atoms with Crippen LogP contribution >= 0.6 is 0 Å². The lowest BCUT2D eigenvalue weighted by atomic mass is 9.95. The van der Waals surface area contributed by atoms with Gasteiger partial charge in [0.05, 0.1) is 4.90 Å². The van der Waals surface area contributed by atoms with Crippen molar-refractivity contribution in [1.29, 1.82) is 0 Å². The van der Waals surface area contributed by atoms with Crippen LogP contribution in [0.3, 0.4) is 0 Å². The number of carbonyl (C=O) groups is 1. The Morgan fingerprint density at radius 1 is 1.14 bits per heavy atom. The van der Waals surface area contributed by atoms with E-state index in [2.05, 4.69) is 20.5 Å². The first kappa shape index (κ1) is 20.2. The number of aryl methyl sites for hydroxylation is 1. The van der Waals surface area contributed by atoms with Crippen molar-refractivity contribution in [2.75, 3.05) is 6.26 Å². The lowest BCUT2D eigenvalue weighted by Gasteiger charge is -2.22. The molecule has 2 aromatic rings. The Bertz CT molecular complexity index is 993. The van der Waals surface area contributed by atoms with E-state index in [0.717, 1.165) is 31.9 Å². The Kier molecular flexibility index (Phi) is 6.23. The summed E-state index contributed by atoms with van der Waals surface area (Å²) < 4.78 is 23.0. The first-order valence-corrected chi connectivity index (χ1v) is 11.3. The van der Waals surface area contributed by atoms with Crippen LogP contribution in [0.1, 0.15) is 44.2 Å². The van der Waals surface area contributed by atoms with Gasteiger partial charge in [-0.3, -0.25) is 9.59 Å². The van der Waals surface area contributed by atoms with Crippen molar-refractivity contribution in [3.63, 3.8) is 0 Å². The van der Waals surface area contributed by atoms with Gasteiger partial charge in [-0.1, -0.05) is 19.3 Å². The van der Waals surface area contributed by atoms with Gasteiger partial charge in [-0.15, -0.1) is 10.2 Å². The Morgan fingerprint density at radius 2 is 1.82 bits per heavy atom. The molecule has 1 aliphatic carbocycles. The predicted molar refractivity (Wildman–Crippen MR) is 105 cm³/mol. The number of nitrogens with one attached hydrogen (secondary N) is 2. The molecular weight excluding hydrogens is 380 g/mol. The first-order chi connectivity index (χ1) is 13.3. The minimum atomic E-state index is -3.29. The van der Waals surface area contributed by atoms with Crippen LogP contribution < -0.4 is 10.9 Å². The SMILES string of the molecule is CS(=O)(=O)c1ccc(-c2nnc(CCC(=O)NC3CCCCC3)c(=O)[nH]2)cc1. The number of aromatic nitrogens is 3. The van der Waals surface area contributed by atoms with Gasteiger partial charge < -0.3 is 10.3 Å². The van der Waals surface area contributed by atoms with E-state index < -0.39 is 15.4 Å². The lowest BCUT2D eigenvalue weighted by Crippen LogP contribution is -2.36. The molecule has 150 valence electrons. The molecule has 9 heteroatoms. The quantitative estimate of drug-likeness (QED) is 0.754. The summed E-state index contributed by atoms with van der Waals surface area (Å²) in [6, 6.07) is 6.27. The topological polar surface area (TPSA) is 122 Å². The van der Waals surface area contributed by atoms with Crippen molar-refractivity contribution in [3.8, 4) is 11.4 Å². The molecule has 1 heterocycles. The minimum Gasteiger partial charge on any atom is -0.353 e. The Hall–Kier alpha value is -2.55. The zero-order valence-electron chi connectivity index (χ0n) is 15.8. The summed E-state index contributed by atoms with van der Waals surface area (Å²) in [5.74, 6) is 0.175. The van der Waals surface area contributed by atoms with Crippen LogP contribution in [-0.4, -0.2) is 41.8 Å². The van der Waals surface area contributed by atoms with Crippen molar-refractivity contribution in [2.45, 2.75) is 55.9 Å². The molecule has 1 aromatic carbocycles. The molecule has 0 atom stereocenters. The van der Waals surface area contributed by atoms with E-state index in [-0.39, 0.29) is 41.2 Å². The average molecular weight is 404 g/mol. The third-order valence-electron chi connectivity index (χ3n) is 4.88. The van der Waals surface area contributed by atoms with Gasteiger partial charge in [-0.05, 0) is 37.1 Å². The molecular formula is C19H24N4O4S. The number of nitrogens with zero attached hydrogens (tertiary/aromatic N) is 2. The molecule has 1 saturated carbocycles. The van der Waals surface area contributed by atoms with Gasteiger partial charge >= 0.3 is 0 Å². The number of hydrogen-bond acceptors (Lipinski definition) is 6. The second kappa shape index (κ2) is 8.64. The molecule has 0 bridgehead atoms. The van der Waals surface area contributed by atoms with Gasteiger partial charge in [0, 0.05) is 30.7 Å². The molecule has 1 amide bonds. The number of aromatic amines is 1. The number of amides is 1. The third-order valence-corrected chi connectivity index (χ3v) is 6.01. The maximum Gasteiger partial charge on any atom is 0.273 e. The highest BCUT2D eigenvalue weighted by Gasteiger charge is 2.16. The summed E-state index contributed by atoms with van der Waals surface area (Å²) in [5, 5.41) is 11.0. The Labute approximate surface area is 163 Å². The maximum atomic E-state index is 12.3. The van der Waals surface area contributed by atoms with E-state index in [1.807, 2.05) is 0 Å². The van der Waals surface area contributed by atoms with E-state index in [9.17, 15) is 18.0 Å². The van der Waals surface area contributed by atoms with E-state index >= 15 is 0 Å². The van der Waals surface area contributed by atoms with Crippen molar-refractivity contribution in [2.24, 2.45) is 0 Å². The van der Waals surface area contributed by atoms with Crippen LogP contribution in [0.15, 0.2) is 34.0 Å². The molecule has 0 aliphatic heterocycles. The van der Waals surface area contributed by atoms with Crippen LogP contribution in [0, 0.1) is 0 Å². The van der Waals surface area contributed by atoms with E-state index in [1.165, 1.54) is 18.6 Å². The van der Waals surface area contributed by atoms with Gasteiger partial charge in [-0.25, -0.2) is 8.42 Å². The number of benzene rings is 1. The van der Waals surface area contributed by atoms with Gasteiger partial charge in [0.15, 0.2) is 15.7 Å². The maximum absolute atomic E-state index is 12.3. The molecule has 3 rings (SSSR count). The second-order valence-corrected chi connectivity index (χ2v) is 9.16. The smallest absolute Gasteiger partial charge is 0.273 e. The van der Waals surface area contributed by atoms with Gasteiger partial charge in [0.2, 0.25) is 5.91 Å². The molecule has 2 N–H and O–H groups in total. The monoisotopic (exact) mass is 404 g/mol. The Morgan fingerprint density at radius 3 is 2.43 bits per heavy atom. The average Bonchev–Trinajstić information content (AvgIpc) is 2.67. The molecule has 8 nitrogen and oxygen atoms in total. The van der Waals surface area contributed by atoms with Crippen LogP contribution in [0.4, 0.5) is 0 Å². The van der Waals surface area contributed by atoms with Crippen molar-refractivity contribution >= 4 is 15.7 Å². The van der Waals surface area contributed by atoms with Crippen LogP contribution in [0.5, 0.6) is 0 Å². The minimum absolute atomic E-state index is 0.0754. The third kappa shape index (κ3) is 5.25. The number of sulfone groups is 1. The molecule has 1 fully saturated rings. The molecule has 0 spiro atoms. The summed E-state index contributed by atoms with van der Waals surface area (Å²) in [5.41, 5.74) is 0.358. The van der Waals surface area contributed by atoms with Crippen LogP contribution in [0.2, 0.25) is 0 Å². The number of H-pyrrole nitrogens is 1. The fraction of sp³-hybridized carbons (Fsp3) is 0.474. The fourth-order valence-corrected chi connectivity index (χ4v) is 3.92. The Balaban J connectivity index is 1.62. The highest BCUT2D eigenvalue weighted by Crippen LogP contribution is 2.18. The highest BCUT2D eigenvalue weighted by molar-refractivity contribution is 7.90. The number of carbonyl (C=O) groups excluding carboxylic acids is 1. The van der Waals surface area contributed by atoms with Crippen molar-refractivity contribution in [3.05, 3.63) is 40.3 Å². The zero-order chi connectivity index (χ0) is 20.1. The van der Waals surface area contributed by atoms with Gasteiger partial charge in [0.25, 0.3) is 5.56 Å². The van der Waals surface area contributed by atoms with Crippen molar-refractivity contribution < 1.29 is 13.2 Å². The molecule has 1 aliphatic rings. The summed E-state index contributed by atoms with van der Waals surface area (Å²) in [6.45, 7) is 0. The normalized spacial score (nSPS) is 15.3. The molecule has 0 unspecified atom stereocenters. The summed E-state index contributed by atoms with van der Waals surface area (Å²) in [6.07, 6.45) is 7.07. The van der Waals surface area contributed by atoms with Crippen LogP contribution in [-0.2, 0) is 21.1 Å². The number of rotatable bonds is 6. The van der Waals surface area contributed by atoms with Crippen LogP contribution in [0.25, 0.3) is 11.4 Å².